The number of nitrogens with two attached hydrogens (primary N) is 1. The van der Waals surface area contributed by atoms with Crippen LogP contribution in [0, 0.1) is 25.7 Å². The number of hydrogen-bond donors (Lipinski definition) is 2. The average Bonchev–Trinajstić information content (AvgIpc) is 2.91. The summed E-state index contributed by atoms with van der Waals surface area (Å²) < 4.78 is 5.69. The number of aryl methyl sites for hydroxylation is 2. The van der Waals surface area contributed by atoms with E-state index in [1.165, 1.54) is 0 Å². The lowest BCUT2D eigenvalue weighted by atomic mass is 9.74. The number of piperidine rings is 1. The van der Waals surface area contributed by atoms with Gasteiger partial charge in [0.25, 0.3) is 0 Å². The van der Waals surface area contributed by atoms with Gasteiger partial charge in [0.2, 0.25) is 11.8 Å². The van der Waals surface area contributed by atoms with Crippen molar-refractivity contribution >= 4 is 30.7 Å². The van der Waals surface area contributed by atoms with Gasteiger partial charge in [-0.15, -0.1) is 24.8 Å². The quantitative estimate of drug-likeness (QED) is 0.741. The molecule has 28 heavy (non-hydrogen) atoms. The van der Waals surface area contributed by atoms with E-state index in [9.17, 15) is 4.79 Å². The first-order chi connectivity index (χ1) is 12.3. The first kappa shape index (κ1) is 25.2. The summed E-state index contributed by atoms with van der Waals surface area (Å²) in [6.45, 7) is 9.58. The second-order valence-corrected chi connectivity index (χ2v) is 8.52. The lowest BCUT2D eigenvalue weighted by molar-refractivity contribution is -0.128. The number of aromatic nitrogens is 1. The lowest BCUT2D eigenvalue weighted by Gasteiger charge is -2.38. The van der Waals surface area contributed by atoms with E-state index in [1.54, 1.807) is 0 Å². The van der Waals surface area contributed by atoms with Crippen molar-refractivity contribution in [3.05, 3.63) is 17.3 Å². The van der Waals surface area contributed by atoms with Crippen LogP contribution in [0.5, 0.6) is 0 Å². The van der Waals surface area contributed by atoms with Gasteiger partial charge in [-0.3, -0.25) is 9.69 Å². The summed E-state index contributed by atoms with van der Waals surface area (Å²) in [4.78, 5) is 19.4. The van der Waals surface area contributed by atoms with Gasteiger partial charge in [0.1, 0.15) is 5.76 Å². The molecule has 2 atom stereocenters. The summed E-state index contributed by atoms with van der Waals surface area (Å²) in [6, 6.07) is 0. The van der Waals surface area contributed by atoms with Crippen molar-refractivity contribution < 1.29 is 9.21 Å². The highest BCUT2D eigenvalue weighted by Crippen LogP contribution is 2.31. The van der Waals surface area contributed by atoms with E-state index < -0.39 is 0 Å². The Balaban J connectivity index is 0.00000196. The van der Waals surface area contributed by atoms with Crippen molar-refractivity contribution in [1.29, 1.82) is 0 Å². The van der Waals surface area contributed by atoms with E-state index in [2.05, 4.69) is 15.2 Å². The Hall–Kier alpha value is -0.820. The summed E-state index contributed by atoms with van der Waals surface area (Å²) in [7, 11) is 0. The minimum absolute atomic E-state index is 0. The van der Waals surface area contributed by atoms with Gasteiger partial charge < -0.3 is 15.5 Å². The Morgan fingerprint density at radius 1 is 1.25 bits per heavy atom. The predicted molar refractivity (Wildman–Crippen MR) is 116 cm³/mol. The van der Waals surface area contributed by atoms with E-state index in [0.29, 0.717) is 5.92 Å². The molecule has 1 aromatic rings. The zero-order valence-electron chi connectivity index (χ0n) is 17.3. The van der Waals surface area contributed by atoms with Crippen molar-refractivity contribution in [3.8, 4) is 0 Å². The van der Waals surface area contributed by atoms with Crippen LogP contribution in [0.15, 0.2) is 4.42 Å². The number of oxazole rings is 1. The normalized spacial score (nSPS) is 26.2. The molecule has 6 nitrogen and oxygen atoms in total. The molecule has 0 aromatic carbocycles. The number of carbonyl (C=O) groups is 1. The molecule has 2 fully saturated rings. The fraction of sp³-hybridized carbons (Fsp3) is 0.800. The standard InChI is InChI=1S/C20H34N4O2.2ClH/c1-14-15(2)26-18(23-14)13-24-10-7-16(8-11-24)12-22-19(25)17-6-4-5-9-20(17,3)21;;/h16-17H,4-13,21H2,1-3H3,(H,22,25);2*1H. The number of amides is 1. The van der Waals surface area contributed by atoms with E-state index in [-0.39, 0.29) is 42.2 Å². The monoisotopic (exact) mass is 434 g/mol. The second kappa shape index (κ2) is 10.8. The van der Waals surface area contributed by atoms with Gasteiger partial charge in [0, 0.05) is 12.1 Å². The Morgan fingerprint density at radius 2 is 1.93 bits per heavy atom. The van der Waals surface area contributed by atoms with Gasteiger partial charge in [-0.25, -0.2) is 4.98 Å². The average molecular weight is 435 g/mol. The molecule has 1 aliphatic carbocycles. The van der Waals surface area contributed by atoms with Crippen molar-refractivity contribution in [1.82, 2.24) is 15.2 Å². The summed E-state index contributed by atoms with van der Waals surface area (Å²) >= 11 is 0. The van der Waals surface area contributed by atoms with Gasteiger partial charge in [-0.05, 0) is 65.5 Å². The summed E-state index contributed by atoms with van der Waals surface area (Å²) in [5.74, 6) is 2.39. The van der Waals surface area contributed by atoms with Crippen LogP contribution in [-0.4, -0.2) is 41.0 Å². The zero-order valence-corrected chi connectivity index (χ0v) is 19.0. The largest absolute Gasteiger partial charge is 0.444 e. The Bertz CT molecular complexity index is 608. The number of likely N-dealkylation sites (tertiary alicyclic amines) is 1. The second-order valence-electron chi connectivity index (χ2n) is 8.52. The molecule has 1 amide bonds. The van der Waals surface area contributed by atoms with Crippen molar-refractivity contribution in [2.24, 2.45) is 17.6 Å². The van der Waals surface area contributed by atoms with Crippen LogP contribution < -0.4 is 11.1 Å². The van der Waals surface area contributed by atoms with Crippen LogP contribution in [0.25, 0.3) is 0 Å². The van der Waals surface area contributed by atoms with Crippen molar-refractivity contribution in [2.45, 2.75) is 71.4 Å². The van der Waals surface area contributed by atoms with E-state index in [4.69, 9.17) is 10.2 Å². The highest BCUT2D eigenvalue weighted by molar-refractivity contribution is 5.85. The molecule has 2 aliphatic rings. The first-order valence-electron chi connectivity index (χ1n) is 10.1. The topological polar surface area (TPSA) is 84.4 Å². The number of nitrogens with zero attached hydrogens (tertiary/aromatic N) is 2. The van der Waals surface area contributed by atoms with Gasteiger partial charge in [0.15, 0.2) is 0 Å². The molecule has 0 radical (unpaired) electrons. The van der Waals surface area contributed by atoms with Crippen LogP contribution in [-0.2, 0) is 11.3 Å². The SMILES string of the molecule is Cc1nc(CN2CCC(CNC(=O)C3CCCCC3(C)N)CC2)oc1C.Cl.Cl. The number of rotatable bonds is 5. The van der Waals surface area contributed by atoms with Gasteiger partial charge in [0.05, 0.1) is 18.2 Å². The number of hydrogen-bond acceptors (Lipinski definition) is 5. The van der Waals surface area contributed by atoms with E-state index in [1.807, 2.05) is 20.8 Å². The maximum Gasteiger partial charge on any atom is 0.224 e. The van der Waals surface area contributed by atoms with Crippen LogP contribution >= 0.6 is 24.8 Å². The molecule has 1 aromatic heterocycles. The van der Waals surface area contributed by atoms with E-state index >= 15 is 0 Å². The van der Waals surface area contributed by atoms with E-state index in [0.717, 1.165) is 82.0 Å². The first-order valence-corrected chi connectivity index (χ1v) is 10.1. The molecule has 0 spiro atoms. The molecule has 1 saturated heterocycles. The number of halogens is 2. The maximum absolute atomic E-state index is 12.6. The van der Waals surface area contributed by atoms with Crippen LogP contribution in [0.4, 0.5) is 0 Å². The molecule has 2 unspecified atom stereocenters. The van der Waals surface area contributed by atoms with Crippen molar-refractivity contribution in [3.63, 3.8) is 0 Å². The third-order valence-corrected chi connectivity index (χ3v) is 6.27. The molecule has 1 aliphatic heterocycles. The Kier molecular flexibility index (Phi) is 9.74. The molecule has 162 valence electrons. The Labute approximate surface area is 181 Å². The van der Waals surface area contributed by atoms with Gasteiger partial charge in [-0.1, -0.05) is 12.8 Å². The third kappa shape index (κ3) is 6.34. The van der Waals surface area contributed by atoms with Gasteiger partial charge >= 0.3 is 0 Å². The van der Waals surface area contributed by atoms with Crippen LogP contribution in [0.2, 0.25) is 0 Å². The summed E-state index contributed by atoms with van der Waals surface area (Å²) in [5.41, 5.74) is 6.98. The molecule has 2 heterocycles. The van der Waals surface area contributed by atoms with Crippen molar-refractivity contribution in [2.75, 3.05) is 19.6 Å². The molecular weight excluding hydrogens is 399 g/mol. The molecule has 8 heteroatoms. The molecule has 1 saturated carbocycles. The third-order valence-electron chi connectivity index (χ3n) is 6.27. The van der Waals surface area contributed by atoms with Gasteiger partial charge in [-0.2, -0.15) is 0 Å². The highest BCUT2D eigenvalue weighted by Gasteiger charge is 2.37. The highest BCUT2D eigenvalue weighted by atomic mass is 35.5. The fourth-order valence-corrected chi connectivity index (χ4v) is 4.30. The zero-order chi connectivity index (χ0) is 18.7. The number of carbonyl (C=O) groups excluding carboxylic acids is 1. The fourth-order valence-electron chi connectivity index (χ4n) is 4.30. The smallest absolute Gasteiger partial charge is 0.224 e. The maximum atomic E-state index is 12.6. The Morgan fingerprint density at radius 3 is 2.50 bits per heavy atom. The molecule has 3 rings (SSSR count). The minimum atomic E-state index is -0.349. The molecule has 3 N–H and O–H groups in total. The summed E-state index contributed by atoms with van der Waals surface area (Å²) in [6.07, 6.45) is 6.32. The van der Waals surface area contributed by atoms with Crippen LogP contribution in [0.3, 0.4) is 0 Å². The molecular formula is C20H36Cl2N4O2. The lowest BCUT2D eigenvalue weighted by Crippen LogP contribution is -2.53. The minimum Gasteiger partial charge on any atom is -0.444 e. The predicted octanol–water partition coefficient (Wildman–Crippen LogP) is 3.37. The number of nitrogens with one attached hydrogen (secondary N) is 1. The summed E-state index contributed by atoms with van der Waals surface area (Å²) in [5, 5.41) is 3.18. The molecule has 0 bridgehead atoms. The van der Waals surface area contributed by atoms with Crippen LogP contribution in [0.1, 0.15) is 62.8 Å².